The first-order valence-corrected chi connectivity index (χ1v) is 7.58. The number of phenolic OH excluding ortho intramolecular Hbond substituents is 1. The molecule has 0 aliphatic heterocycles. The third-order valence-corrected chi connectivity index (χ3v) is 3.25. The summed E-state index contributed by atoms with van der Waals surface area (Å²) < 4.78 is 5.18. The van der Waals surface area contributed by atoms with Gasteiger partial charge in [0.1, 0.15) is 11.5 Å². The average Bonchev–Trinajstić information content (AvgIpc) is 2.59. The van der Waals surface area contributed by atoms with E-state index >= 15 is 0 Å². The van der Waals surface area contributed by atoms with E-state index in [2.05, 4.69) is 4.84 Å². The topological polar surface area (TPSA) is 98.9 Å². The van der Waals surface area contributed by atoms with Crippen molar-refractivity contribution in [3.63, 3.8) is 0 Å². The predicted molar refractivity (Wildman–Crippen MR) is 90.5 cm³/mol. The van der Waals surface area contributed by atoms with E-state index in [0.29, 0.717) is 18.6 Å². The molecule has 0 radical (unpaired) electrons. The highest BCUT2D eigenvalue weighted by atomic mass is 16.9. The number of nitrogens with zero attached hydrogens (tertiary/aromatic N) is 1. The summed E-state index contributed by atoms with van der Waals surface area (Å²) in [5.74, 6) is 0.0515. The van der Waals surface area contributed by atoms with Gasteiger partial charge in [0, 0.05) is 6.08 Å². The van der Waals surface area contributed by atoms with Gasteiger partial charge in [0.2, 0.25) is 0 Å². The lowest BCUT2D eigenvalue weighted by Crippen LogP contribution is -2.04. The summed E-state index contributed by atoms with van der Waals surface area (Å²) in [5.41, 5.74) is 1.73. The fourth-order valence-electron chi connectivity index (χ4n) is 2.04. The van der Waals surface area contributed by atoms with E-state index in [1.807, 2.05) is 0 Å². The van der Waals surface area contributed by atoms with E-state index in [9.17, 15) is 20.0 Å². The van der Waals surface area contributed by atoms with Crippen molar-refractivity contribution in [3.05, 3.63) is 75.8 Å². The second-order valence-corrected chi connectivity index (χ2v) is 5.15. The molecule has 0 spiro atoms. The van der Waals surface area contributed by atoms with Crippen LogP contribution in [0.5, 0.6) is 11.5 Å². The molecule has 0 unspecified atom stereocenters. The van der Waals surface area contributed by atoms with Crippen LogP contribution in [0.4, 0.5) is 0 Å². The number of phenols is 1. The molecule has 2 aromatic carbocycles. The lowest BCUT2D eigenvalue weighted by Gasteiger charge is -2.04. The molecule has 0 aromatic heterocycles. The van der Waals surface area contributed by atoms with Gasteiger partial charge in [-0.05, 0) is 54.3 Å². The van der Waals surface area contributed by atoms with Crippen molar-refractivity contribution in [1.29, 1.82) is 0 Å². The number of benzene rings is 2. The van der Waals surface area contributed by atoms with Gasteiger partial charge in [-0.15, -0.1) is 10.1 Å². The number of ether oxygens (including phenoxy) is 1. The Morgan fingerprint density at radius 3 is 2.44 bits per heavy atom. The minimum absolute atomic E-state index is 0.0474. The Morgan fingerprint density at radius 2 is 1.80 bits per heavy atom. The fraction of sp³-hybridized carbons (Fsp3) is 0.167. The first-order chi connectivity index (χ1) is 12.0. The van der Waals surface area contributed by atoms with Crippen LogP contribution in [-0.4, -0.2) is 22.8 Å². The molecule has 7 heteroatoms. The molecule has 0 amide bonds. The smallest absolute Gasteiger partial charge is 0.336 e. The zero-order valence-corrected chi connectivity index (χ0v) is 13.3. The van der Waals surface area contributed by atoms with E-state index in [-0.39, 0.29) is 12.4 Å². The summed E-state index contributed by atoms with van der Waals surface area (Å²) in [6.45, 7) is 0.0474. The largest absolute Gasteiger partial charge is 0.508 e. The number of hydrogen-bond donors (Lipinski definition) is 1. The second kappa shape index (κ2) is 9.07. The predicted octanol–water partition coefficient (Wildman–Crippen LogP) is 3.15. The molecule has 0 fully saturated rings. The molecular formula is C18H17NO6. The summed E-state index contributed by atoms with van der Waals surface area (Å²) in [7, 11) is 0. The molecular weight excluding hydrogens is 326 g/mol. The van der Waals surface area contributed by atoms with E-state index in [1.165, 1.54) is 18.2 Å². The third kappa shape index (κ3) is 6.74. The highest BCUT2D eigenvalue weighted by molar-refractivity contribution is 5.88. The summed E-state index contributed by atoms with van der Waals surface area (Å²) in [5, 5.41) is 18.4. The van der Waals surface area contributed by atoms with Crippen molar-refractivity contribution in [2.45, 2.75) is 12.8 Å². The first kappa shape index (κ1) is 18.0. The van der Waals surface area contributed by atoms with Gasteiger partial charge < -0.3 is 14.7 Å². The Kier molecular flexibility index (Phi) is 6.53. The van der Waals surface area contributed by atoms with Crippen molar-refractivity contribution in [1.82, 2.24) is 0 Å². The van der Waals surface area contributed by atoms with E-state index in [4.69, 9.17) is 4.74 Å². The van der Waals surface area contributed by atoms with Gasteiger partial charge in [-0.25, -0.2) is 4.79 Å². The van der Waals surface area contributed by atoms with Crippen LogP contribution in [0.2, 0.25) is 0 Å². The summed E-state index contributed by atoms with van der Waals surface area (Å²) in [4.78, 5) is 26.0. The minimum Gasteiger partial charge on any atom is -0.508 e. The van der Waals surface area contributed by atoms with Crippen LogP contribution < -0.4 is 4.74 Å². The van der Waals surface area contributed by atoms with Crippen molar-refractivity contribution in [2.24, 2.45) is 0 Å². The van der Waals surface area contributed by atoms with Crippen LogP contribution >= 0.6 is 0 Å². The van der Waals surface area contributed by atoms with Gasteiger partial charge in [-0.1, -0.05) is 24.3 Å². The maximum absolute atomic E-state index is 11.8. The van der Waals surface area contributed by atoms with Crippen molar-refractivity contribution in [3.8, 4) is 11.5 Å². The lowest BCUT2D eigenvalue weighted by molar-refractivity contribution is -0.757. The van der Waals surface area contributed by atoms with Gasteiger partial charge >= 0.3 is 5.97 Å². The molecule has 0 aliphatic rings. The molecule has 0 aliphatic carbocycles. The maximum atomic E-state index is 11.8. The SMILES string of the molecule is O=C(/C=C/c1ccc(O)cc1)Oc1ccc(CCCO[N+](=O)[O-])cc1. The van der Waals surface area contributed by atoms with Gasteiger partial charge in [-0.3, -0.25) is 0 Å². The highest BCUT2D eigenvalue weighted by Crippen LogP contribution is 2.15. The Balaban J connectivity index is 1.80. The quantitative estimate of drug-likeness (QED) is 0.197. The number of aryl methyl sites for hydroxylation is 1. The molecule has 0 atom stereocenters. The van der Waals surface area contributed by atoms with Gasteiger partial charge in [-0.2, -0.15) is 0 Å². The minimum atomic E-state index is -0.811. The molecule has 2 rings (SSSR count). The fourth-order valence-corrected chi connectivity index (χ4v) is 2.04. The Hall–Kier alpha value is -3.35. The highest BCUT2D eigenvalue weighted by Gasteiger charge is 2.02. The van der Waals surface area contributed by atoms with E-state index < -0.39 is 11.1 Å². The maximum Gasteiger partial charge on any atom is 0.336 e. The van der Waals surface area contributed by atoms with Crippen LogP contribution in [0.15, 0.2) is 54.6 Å². The Bertz CT molecular complexity index is 737. The van der Waals surface area contributed by atoms with Crippen LogP contribution in [0, 0.1) is 10.1 Å². The van der Waals surface area contributed by atoms with Crippen molar-refractivity contribution >= 4 is 12.0 Å². The zero-order valence-electron chi connectivity index (χ0n) is 13.3. The molecule has 1 N–H and O–H groups in total. The van der Waals surface area contributed by atoms with Crippen LogP contribution in [0.3, 0.4) is 0 Å². The average molecular weight is 343 g/mol. The van der Waals surface area contributed by atoms with Gasteiger partial charge in [0.25, 0.3) is 5.09 Å². The summed E-state index contributed by atoms with van der Waals surface area (Å²) in [6.07, 6.45) is 4.04. The van der Waals surface area contributed by atoms with Gasteiger partial charge in [0.05, 0.1) is 6.61 Å². The standard InChI is InChI=1S/C18H17NO6/c20-16-8-3-15(4-9-16)7-12-18(21)25-17-10-5-14(6-11-17)2-1-13-24-19(22)23/h3-12,20H,1-2,13H2/b12-7+. The molecule has 0 saturated heterocycles. The first-order valence-electron chi connectivity index (χ1n) is 7.58. The van der Waals surface area contributed by atoms with Crippen LogP contribution in [-0.2, 0) is 16.1 Å². The monoisotopic (exact) mass is 343 g/mol. The number of aromatic hydroxyl groups is 1. The number of rotatable bonds is 8. The van der Waals surface area contributed by atoms with E-state index in [0.717, 1.165) is 11.1 Å². The van der Waals surface area contributed by atoms with Crippen LogP contribution in [0.1, 0.15) is 17.5 Å². The number of carbonyl (C=O) groups excluding carboxylic acids is 1. The molecule has 7 nitrogen and oxygen atoms in total. The molecule has 130 valence electrons. The normalized spacial score (nSPS) is 10.6. The van der Waals surface area contributed by atoms with Crippen LogP contribution in [0.25, 0.3) is 6.08 Å². The molecule has 0 heterocycles. The molecule has 0 bridgehead atoms. The van der Waals surface area contributed by atoms with Crippen molar-refractivity contribution in [2.75, 3.05) is 6.61 Å². The van der Waals surface area contributed by atoms with E-state index in [1.54, 1.807) is 42.5 Å². The number of hydrogen-bond acceptors (Lipinski definition) is 6. The Morgan fingerprint density at radius 1 is 1.12 bits per heavy atom. The Labute approximate surface area is 144 Å². The second-order valence-electron chi connectivity index (χ2n) is 5.15. The number of carbonyl (C=O) groups is 1. The molecule has 25 heavy (non-hydrogen) atoms. The zero-order chi connectivity index (χ0) is 18.1. The third-order valence-electron chi connectivity index (χ3n) is 3.25. The summed E-state index contributed by atoms with van der Waals surface area (Å²) in [6, 6.07) is 13.3. The van der Waals surface area contributed by atoms with Gasteiger partial charge in [0.15, 0.2) is 0 Å². The summed E-state index contributed by atoms with van der Waals surface area (Å²) >= 11 is 0. The van der Waals surface area contributed by atoms with Crippen molar-refractivity contribution < 1.29 is 24.6 Å². The molecule has 2 aromatic rings. The lowest BCUT2D eigenvalue weighted by atomic mass is 10.1. The number of esters is 1. The molecule has 0 saturated carbocycles.